The smallest absolute Gasteiger partial charge is 0.134 e. The fourth-order valence-corrected chi connectivity index (χ4v) is 2.46. The first-order valence-electron chi connectivity index (χ1n) is 5.84. The highest BCUT2D eigenvalue weighted by atomic mass is 79.9. The van der Waals surface area contributed by atoms with E-state index in [-0.39, 0.29) is 0 Å². The molecule has 0 aliphatic rings. The molecule has 0 spiro atoms. The minimum absolute atomic E-state index is 0.887. The van der Waals surface area contributed by atoms with Gasteiger partial charge in [0, 0.05) is 15.4 Å². The number of furan rings is 1. The lowest BCUT2D eigenvalue weighted by atomic mass is 10.2. The normalized spacial score (nSPS) is 11.8. The Hall–Kier alpha value is -0.800. The Morgan fingerprint density at radius 2 is 1.89 bits per heavy atom. The first-order chi connectivity index (χ1) is 8.72. The Bertz CT molecular complexity index is 532. The molecule has 0 unspecified atom stereocenters. The fourth-order valence-electron chi connectivity index (χ4n) is 1.64. The van der Waals surface area contributed by atoms with Gasteiger partial charge in [-0.3, -0.25) is 0 Å². The number of hydrogen-bond donors (Lipinski definition) is 0. The highest BCUT2D eigenvalue weighted by molar-refractivity contribution is 9.10. The van der Waals surface area contributed by atoms with E-state index >= 15 is 0 Å². The molecule has 0 saturated heterocycles. The largest absolute Gasteiger partial charge is 0.457 e. The van der Waals surface area contributed by atoms with E-state index in [4.69, 9.17) is 4.42 Å². The van der Waals surface area contributed by atoms with Gasteiger partial charge in [0.25, 0.3) is 0 Å². The second-order valence-electron chi connectivity index (χ2n) is 4.00. The van der Waals surface area contributed by atoms with Crippen molar-refractivity contribution in [3.63, 3.8) is 0 Å². The molecule has 0 amide bonds. The van der Waals surface area contributed by atoms with E-state index in [2.05, 4.69) is 44.9 Å². The zero-order valence-electron chi connectivity index (χ0n) is 10.1. The minimum atomic E-state index is 0.887. The van der Waals surface area contributed by atoms with Crippen LogP contribution in [0.1, 0.15) is 19.1 Å². The lowest BCUT2D eigenvalue weighted by molar-refractivity contribution is 0.571. The number of alkyl halides is 1. The van der Waals surface area contributed by atoms with E-state index in [1.807, 2.05) is 36.4 Å². The van der Waals surface area contributed by atoms with E-state index in [0.717, 1.165) is 33.3 Å². The Kier molecular flexibility index (Phi) is 4.84. The van der Waals surface area contributed by atoms with Crippen LogP contribution in [-0.2, 0) is 0 Å². The molecule has 0 radical (unpaired) electrons. The molecule has 1 nitrogen and oxygen atoms in total. The van der Waals surface area contributed by atoms with Gasteiger partial charge < -0.3 is 4.42 Å². The molecule has 0 aliphatic carbocycles. The average Bonchev–Trinajstić information content (AvgIpc) is 2.85. The second kappa shape index (κ2) is 6.39. The van der Waals surface area contributed by atoms with Gasteiger partial charge in [0.2, 0.25) is 0 Å². The molecule has 1 aromatic heterocycles. The maximum atomic E-state index is 5.83. The first-order valence-corrected chi connectivity index (χ1v) is 7.75. The van der Waals surface area contributed by atoms with E-state index in [1.165, 1.54) is 5.57 Å². The van der Waals surface area contributed by atoms with Gasteiger partial charge in [0.05, 0.1) is 0 Å². The molecule has 94 valence electrons. The molecule has 1 aromatic carbocycles. The highest BCUT2D eigenvalue weighted by Crippen LogP contribution is 2.25. The Morgan fingerprint density at radius 1 is 1.17 bits per heavy atom. The van der Waals surface area contributed by atoms with Crippen LogP contribution in [0.4, 0.5) is 0 Å². The van der Waals surface area contributed by atoms with Crippen molar-refractivity contribution >= 4 is 37.9 Å². The summed E-state index contributed by atoms with van der Waals surface area (Å²) < 4.78 is 6.91. The molecular weight excluding hydrogens is 356 g/mol. The lowest BCUT2D eigenvalue weighted by Crippen LogP contribution is -1.80. The SMILES string of the molecule is CCC(=Cc1ccc(-c2ccc(Br)cc2)o1)CBr. The third kappa shape index (κ3) is 3.36. The molecule has 1 heterocycles. The van der Waals surface area contributed by atoms with Crippen LogP contribution in [0.5, 0.6) is 0 Å². The molecule has 0 aliphatic heterocycles. The molecular formula is C15H14Br2O. The van der Waals surface area contributed by atoms with E-state index < -0.39 is 0 Å². The van der Waals surface area contributed by atoms with Crippen LogP contribution < -0.4 is 0 Å². The zero-order valence-corrected chi connectivity index (χ0v) is 13.3. The van der Waals surface area contributed by atoms with Crippen molar-refractivity contribution in [2.75, 3.05) is 5.33 Å². The third-order valence-electron chi connectivity index (χ3n) is 2.73. The van der Waals surface area contributed by atoms with Crippen LogP contribution >= 0.6 is 31.9 Å². The second-order valence-corrected chi connectivity index (χ2v) is 5.48. The van der Waals surface area contributed by atoms with Gasteiger partial charge in [-0.05, 0) is 36.8 Å². The van der Waals surface area contributed by atoms with Gasteiger partial charge in [0.1, 0.15) is 11.5 Å². The van der Waals surface area contributed by atoms with E-state index in [0.29, 0.717) is 0 Å². The Balaban J connectivity index is 2.25. The zero-order chi connectivity index (χ0) is 13.0. The Labute approximate surface area is 124 Å². The molecule has 2 rings (SSSR count). The van der Waals surface area contributed by atoms with Crippen molar-refractivity contribution in [2.45, 2.75) is 13.3 Å². The quantitative estimate of drug-likeness (QED) is 0.611. The molecule has 0 saturated carbocycles. The van der Waals surface area contributed by atoms with Gasteiger partial charge >= 0.3 is 0 Å². The van der Waals surface area contributed by atoms with Gasteiger partial charge in [-0.1, -0.05) is 56.5 Å². The molecule has 0 atom stereocenters. The molecule has 2 aromatic rings. The first kappa shape index (κ1) is 13.6. The minimum Gasteiger partial charge on any atom is -0.457 e. The van der Waals surface area contributed by atoms with E-state index in [1.54, 1.807) is 0 Å². The monoisotopic (exact) mass is 368 g/mol. The van der Waals surface area contributed by atoms with Crippen molar-refractivity contribution in [2.24, 2.45) is 0 Å². The molecule has 18 heavy (non-hydrogen) atoms. The van der Waals surface area contributed by atoms with Crippen molar-refractivity contribution in [1.29, 1.82) is 0 Å². The summed E-state index contributed by atoms with van der Waals surface area (Å²) >= 11 is 6.91. The van der Waals surface area contributed by atoms with Crippen molar-refractivity contribution < 1.29 is 4.42 Å². The van der Waals surface area contributed by atoms with Crippen molar-refractivity contribution in [3.8, 4) is 11.3 Å². The summed E-state index contributed by atoms with van der Waals surface area (Å²) in [6.07, 6.45) is 3.12. The summed E-state index contributed by atoms with van der Waals surface area (Å²) in [7, 11) is 0. The number of allylic oxidation sites excluding steroid dienone is 1. The molecule has 3 heteroatoms. The van der Waals surface area contributed by atoms with Crippen LogP contribution in [0.15, 0.2) is 50.9 Å². The molecule has 0 fully saturated rings. The molecule has 0 bridgehead atoms. The molecule has 0 N–H and O–H groups in total. The lowest BCUT2D eigenvalue weighted by Gasteiger charge is -1.98. The van der Waals surface area contributed by atoms with Crippen LogP contribution in [0, 0.1) is 0 Å². The summed E-state index contributed by atoms with van der Waals surface area (Å²) in [5, 5.41) is 0.887. The number of benzene rings is 1. The fraction of sp³-hybridized carbons (Fsp3) is 0.200. The summed E-state index contributed by atoms with van der Waals surface area (Å²) in [6, 6.07) is 12.1. The summed E-state index contributed by atoms with van der Waals surface area (Å²) in [4.78, 5) is 0. The van der Waals surface area contributed by atoms with Crippen LogP contribution in [0.25, 0.3) is 17.4 Å². The van der Waals surface area contributed by atoms with Gasteiger partial charge in [-0.15, -0.1) is 0 Å². The maximum absolute atomic E-state index is 5.83. The number of halogens is 2. The van der Waals surface area contributed by atoms with Crippen LogP contribution in [-0.4, -0.2) is 5.33 Å². The third-order valence-corrected chi connectivity index (χ3v) is 3.98. The van der Waals surface area contributed by atoms with Crippen LogP contribution in [0.3, 0.4) is 0 Å². The topological polar surface area (TPSA) is 13.1 Å². The van der Waals surface area contributed by atoms with Gasteiger partial charge in [-0.2, -0.15) is 0 Å². The number of hydrogen-bond acceptors (Lipinski definition) is 1. The van der Waals surface area contributed by atoms with Gasteiger partial charge in [0.15, 0.2) is 0 Å². The van der Waals surface area contributed by atoms with Crippen LogP contribution in [0.2, 0.25) is 0 Å². The Morgan fingerprint density at radius 3 is 2.50 bits per heavy atom. The van der Waals surface area contributed by atoms with Gasteiger partial charge in [-0.25, -0.2) is 0 Å². The van der Waals surface area contributed by atoms with Crippen molar-refractivity contribution in [1.82, 2.24) is 0 Å². The summed E-state index contributed by atoms with van der Waals surface area (Å²) in [5.41, 5.74) is 2.42. The van der Waals surface area contributed by atoms with Crippen molar-refractivity contribution in [3.05, 3.63) is 52.2 Å². The summed E-state index contributed by atoms with van der Waals surface area (Å²) in [6.45, 7) is 2.14. The standard InChI is InChI=1S/C15H14Br2O/c1-2-11(10-16)9-14-7-8-15(18-14)12-3-5-13(17)6-4-12/h3-9H,2,10H2,1H3. The maximum Gasteiger partial charge on any atom is 0.134 e. The summed E-state index contributed by atoms with van der Waals surface area (Å²) in [5.74, 6) is 1.81. The van der Waals surface area contributed by atoms with E-state index in [9.17, 15) is 0 Å². The number of rotatable bonds is 4. The predicted molar refractivity (Wildman–Crippen MR) is 83.9 cm³/mol. The highest BCUT2D eigenvalue weighted by Gasteiger charge is 2.03. The predicted octanol–water partition coefficient (Wildman–Crippen LogP) is 5.90. The average molecular weight is 370 g/mol.